The molecule has 1 aromatic carbocycles. The molecular weight excluding hydrogens is 308 g/mol. The van der Waals surface area contributed by atoms with Gasteiger partial charge in [-0.25, -0.2) is 9.78 Å². The Kier molecular flexibility index (Phi) is 5.81. The number of aromatic nitrogens is 1. The Labute approximate surface area is 141 Å². The van der Waals surface area contributed by atoms with Gasteiger partial charge in [0.2, 0.25) is 5.89 Å². The van der Waals surface area contributed by atoms with Crippen LogP contribution in [0.5, 0.6) is 0 Å². The minimum atomic E-state index is -0.220. The number of nitrogens with zero attached hydrogens (tertiary/aromatic N) is 2. The zero-order valence-corrected chi connectivity index (χ0v) is 13.5. The third-order valence-corrected chi connectivity index (χ3v) is 3.83. The number of hydrogen-bond donors (Lipinski definition) is 2. The molecule has 0 saturated carbocycles. The maximum atomic E-state index is 11.8. The van der Waals surface area contributed by atoms with Crippen LogP contribution in [-0.2, 0) is 11.3 Å². The van der Waals surface area contributed by atoms with Crippen molar-refractivity contribution in [2.75, 3.05) is 39.4 Å². The van der Waals surface area contributed by atoms with Crippen LogP contribution in [0.25, 0.3) is 11.3 Å². The van der Waals surface area contributed by atoms with Gasteiger partial charge >= 0.3 is 6.03 Å². The number of hydrogen-bond acceptors (Lipinski definition) is 5. The van der Waals surface area contributed by atoms with Gasteiger partial charge in [-0.2, -0.15) is 0 Å². The van der Waals surface area contributed by atoms with Gasteiger partial charge in [0.15, 0.2) is 5.76 Å². The minimum absolute atomic E-state index is 0.220. The van der Waals surface area contributed by atoms with E-state index in [1.807, 2.05) is 30.3 Å². The van der Waals surface area contributed by atoms with Crippen LogP contribution in [-0.4, -0.2) is 55.3 Å². The standard InChI is InChI=1S/C17H22N4O3/c22-17(18-6-7-21-8-10-23-11-9-21)20-13-16-19-12-15(24-16)14-4-2-1-3-5-14/h1-5,12H,6-11,13H2,(H2,18,20,22). The zero-order valence-electron chi connectivity index (χ0n) is 13.5. The van der Waals surface area contributed by atoms with Crippen LogP contribution in [0.3, 0.4) is 0 Å². The van der Waals surface area contributed by atoms with Crippen molar-refractivity contribution in [2.45, 2.75) is 6.54 Å². The highest BCUT2D eigenvalue weighted by atomic mass is 16.5. The predicted molar refractivity (Wildman–Crippen MR) is 89.4 cm³/mol. The number of nitrogens with one attached hydrogen (secondary N) is 2. The van der Waals surface area contributed by atoms with Crippen LogP contribution in [0, 0.1) is 0 Å². The fourth-order valence-electron chi connectivity index (χ4n) is 2.50. The fraction of sp³-hybridized carbons (Fsp3) is 0.412. The van der Waals surface area contributed by atoms with E-state index in [0.29, 0.717) is 18.2 Å². The summed E-state index contributed by atoms with van der Waals surface area (Å²) in [5, 5.41) is 5.59. The largest absolute Gasteiger partial charge is 0.439 e. The maximum Gasteiger partial charge on any atom is 0.315 e. The summed E-state index contributed by atoms with van der Waals surface area (Å²) in [5.74, 6) is 1.18. The molecule has 24 heavy (non-hydrogen) atoms. The number of carbonyl (C=O) groups excluding carboxylic acids is 1. The first-order valence-electron chi connectivity index (χ1n) is 8.13. The van der Waals surface area contributed by atoms with Crippen molar-refractivity contribution in [2.24, 2.45) is 0 Å². The van der Waals surface area contributed by atoms with Gasteiger partial charge < -0.3 is 19.8 Å². The number of rotatable bonds is 6. The number of morpholine rings is 1. The molecule has 7 heteroatoms. The normalized spacial score (nSPS) is 15.2. The van der Waals surface area contributed by atoms with Crippen LogP contribution in [0.15, 0.2) is 40.9 Å². The van der Waals surface area contributed by atoms with Crippen LogP contribution < -0.4 is 10.6 Å². The third kappa shape index (κ3) is 4.81. The van der Waals surface area contributed by atoms with Gasteiger partial charge in [-0.05, 0) is 0 Å². The summed E-state index contributed by atoms with van der Waals surface area (Å²) < 4.78 is 10.9. The third-order valence-electron chi connectivity index (χ3n) is 3.83. The summed E-state index contributed by atoms with van der Waals surface area (Å²) in [4.78, 5) is 18.3. The Balaban J connectivity index is 1.38. The summed E-state index contributed by atoms with van der Waals surface area (Å²) in [5.41, 5.74) is 0.964. The van der Waals surface area contributed by atoms with Crippen molar-refractivity contribution in [1.82, 2.24) is 20.5 Å². The Hall–Kier alpha value is -2.38. The van der Waals surface area contributed by atoms with E-state index in [1.165, 1.54) is 0 Å². The Morgan fingerprint density at radius 2 is 1.96 bits per heavy atom. The Bertz CT molecular complexity index is 638. The minimum Gasteiger partial charge on any atom is -0.439 e. The molecule has 3 rings (SSSR count). The van der Waals surface area contributed by atoms with E-state index < -0.39 is 0 Å². The zero-order chi connectivity index (χ0) is 16.6. The molecule has 0 aliphatic carbocycles. The second-order valence-corrected chi connectivity index (χ2v) is 5.55. The van der Waals surface area contributed by atoms with Gasteiger partial charge in [0, 0.05) is 31.7 Å². The number of ether oxygens (including phenoxy) is 1. The molecule has 0 atom stereocenters. The lowest BCUT2D eigenvalue weighted by Gasteiger charge is -2.26. The van der Waals surface area contributed by atoms with Gasteiger partial charge in [-0.15, -0.1) is 0 Å². The summed E-state index contributed by atoms with van der Waals surface area (Å²) >= 11 is 0. The van der Waals surface area contributed by atoms with Crippen molar-refractivity contribution in [3.8, 4) is 11.3 Å². The molecule has 1 saturated heterocycles. The van der Waals surface area contributed by atoms with Crippen molar-refractivity contribution in [1.29, 1.82) is 0 Å². The van der Waals surface area contributed by atoms with Gasteiger partial charge in [0.1, 0.15) is 0 Å². The number of urea groups is 1. The lowest BCUT2D eigenvalue weighted by Crippen LogP contribution is -2.43. The maximum absolute atomic E-state index is 11.8. The van der Waals surface area contributed by atoms with Gasteiger partial charge in [0.25, 0.3) is 0 Å². The molecule has 1 aliphatic heterocycles. The Morgan fingerprint density at radius 3 is 2.75 bits per heavy atom. The van der Waals surface area contributed by atoms with Crippen molar-refractivity contribution in [3.05, 3.63) is 42.4 Å². The van der Waals surface area contributed by atoms with Crippen LogP contribution >= 0.6 is 0 Å². The monoisotopic (exact) mass is 330 g/mol. The van der Waals surface area contributed by atoms with Gasteiger partial charge in [-0.3, -0.25) is 4.90 Å². The van der Waals surface area contributed by atoms with Gasteiger partial charge in [0.05, 0.1) is 26.0 Å². The number of benzene rings is 1. The van der Waals surface area contributed by atoms with E-state index in [9.17, 15) is 4.79 Å². The molecule has 128 valence electrons. The van der Waals surface area contributed by atoms with E-state index in [1.54, 1.807) is 6.20 Å². The first kappa shape index (κ1) is 16.5. The highest BCUT2D eigenvalue weighted by Gasteiger charge is 2.11. The van der Waals surface area contributed by atoms with Crippen molar-refractivity contribution in [3.63, 3.8) is 0 Å². The molecule has 1 fully saturated rings. The lowest BCUT2D eigenvalue weighted by molar-refractivity contribution is 0.0387. The van der Waals surface area contributed by atoms with E-state index in [0.717, 1.165) is 38.4 Å². The molecule has 1 aliphatic rings. The molecule has 2 aromatic rings. The fourth-order valence-corrected chi connectivity index (χ4v) is 2.50. The smallest absolute Gasteiger partial charge is 0.315 e. The lowest BCUT2D eigenvalue weighted by atomic mass is 10.2. The second kappa shape index (κ2) is 8.47. The van der Waals surface area contributed by atoms with E-state index >= 15 is 0 Å². The van der Waals surface area contributed by atoms with Gasteiger partial charge in [-0.1, -0.05) is 30.3 Å². The topological polar surface area (TPSA) is 79.6 Å². The van der Waals surface area contributed by atoms with E-state index in [2.05, 4.69) is 20.5 Å². The summed E-state index contributed by atoms with van der Waals surface area (Å²) in [6, 6.07) is 9.52. The molecule has 1 aromatic heterocycles. The summed E-state index contributed by atoms with van der Waals surface area (Å²) in [6.07, 6.45) is 1.67. The molecule has 0 radical (unpaired) electrons. The SMILES string of the molecule is O=C(NCCN1CCOCC1)NCc1ncc(-c2ccccc2)o1. The molecular formula is C17H22N4O3. The average Bonchev–Trinajstić information content (AvgIpc) is 3.11. The molecule has 2 heterocycles. The first-order chi connectivity index (χ1) is 11.8. The highest BCUT2D eigenvalue weighted by molar-refractivity contribution is 5.73. The highest BCUT2D eigenvalue weighted by Crippen LogP contribution is 2.19. The molecule has 2 amide bonds. The van der Waals surface area contributed by atoms with Crippen molar-refractivity contribution >= 4 is 6.03 Å². The number of oxazole rings is 1. The molecule has 2 N–H and O–H groups in total. The molecule has 0 spiro atoms. The summed E-state index contributed by atoms with van der Waals surface area (Å²) in [6.45, 7) is 5.06. The average molecular weight is 330 g/mol. The first-order valence-corrected chi connectivity index (χ1v) is 8.13. The van der Waals surface area contributed by atoms with Crippen LogP contribution in [0.4, 0.5) is 4.79 Å². The van der Waals surface area contributed by atoms with Crippen LogP contribution in [0.2, 0.25) is 0 Å². The molecule has 0 unspecified atom stereocenters. The van der Waals surface area contributed by atoms with E-state index in [4.69, 9.17) is 9.15 Å². The molecule has 7 nitrogen and oxygen atoms in total. The van der Waals surface area contributed by atoms with Crippen LogP contribution in [0.1, 0.15) is 5.89 Å². The predicted octanol–water partition coefficient (Wildman–Crippen LogP) is 1.47. The quantitative estimate of drug-likeness (QED) is 0.838. The number of amides is 2. The second-order valence-electron chi connectivity index (χ2n) is 5.55. The van der Waals surface area contributed by atoms with Crippen molar-refractivity contribution < 1.29 is 13.9 Å². The molecule has 0 bridgehead atoms. The van der Waals surface area contributed by atoms with E-state index in [-0.39, 0.29) is 12.6 Å². The Morgan fingerprint density at radius 1 is 1.17 bits per heavy atom. The number of carbonyl (C=O) groups is 1. The summed E-state index contributed by atoms with van der Waals surface area (Å²) in [7, 11) is 0.